The third-order valence-corrected chi connectivity index (χ3v) is 14.0. The molecule has 0 rings (SSSR count). The lowest BCUT2D eigenvalue weighted by atomic mass is 10.0. The van der Waals surface area contributed by atoms with Gasteiger partial charge in [0.1, 0.15) is 13.2 Å². The van der Waals surface area contributed by atoms with Crippen LogP contribution >= 0.6 is 0 Å². The molecule has 0 aliphatic heterocycles. The van der Waals surface area contributed by atoms with Crippen LogP contribution in [-0.4, -0.2) is 37.2 Å². The maximum atomic E-state index is 12.9. The summed E-state index contributed by atoms with van der Waals surface area (Å²) >= 11 is 0. The van der Waals surface area contributed by atoms with Crippen LogP contribution in [0.25, 0.3) is 0 Å². The van der Waals surface area contributed by atoms with Gasteiger partial charge < -0.3 is 14.2 Å². The van der Waals surface area contributed by atoms with Gasteiger partial charge >= 0.3 is 17.9 Å². The molecule has 0 bridgehead atoms. The van der Waals surface area contributed by atoms with Crippen LogP contribution in [0.3, 0.4) is 0 Å². The summed E-state index contributed by atoms with van der Waals surface area (Å²) in [7, 11) is 0. The molecule has 0 aliphatic rings. The Kier molecular flexibility index (Phi) is 61.8. The number of hydrogen-bond acceptors (Lipinski definition) is 6. The Morgan fingerprint density at radius 2 is 0.506 bits per heavy atom. The highest BCUT2D eigenvalue weighted by molar-refractivity contribution is 5.71. The van der Waals surface area contributed by atoms with E-state index in [0.717, 1.165) is 109 Å². The Hall–Kier alpha value is -3.67. The van der Waals surface area contributed by atoms with Crippen molar-refractivity contribution in [2.75, 3.05) is 13.2 Å². The molecule has 0 fully saturated rings. The van der Waals surface area contributed by atoms with Gasteiger partial charge in [-0.2, -0.15) is 0 Å². The zero-order valence-electron chi connectivity index (χ0n) is 50.7. The van der Waals surface area contributed by atoms with E-state index in [9.17, 15) is 14.4 Å². The molecule has 77 heavy (non-hydrogen) atoms. The van der Waals surface area contributed by atoms with Crippen LogP contribution in [0.2, 0.25) is 0 Å². The SMILES string of the molecule is CC/C=C\C/C=C\C/C=C\CCCCCC(=O)OCC(COC(=O)CCCCCCCCCCCCCCCC/C=C\C/C=C\C/C=C\CCCCCCC)OC(=O)CCCCCCCCC/C=C\C/C=C\CCCCC. The smallest absolute Gasteiger partial charge is 0.306 e. The maximum absolute atomic E-state index is 12.9. The van der Waals surface area contributed by atoms with Crippen molar-refractivity contribution in [3.05, 3.63) is 97.2 Å². The van der Waals surface area contributed by atoms with Gasteiger partial charge in [-0.25, -0.2) is 0 Å². The highest BCUT2D eigenvalue weighted by Gasteiger charge is 2.19. The summed E-state index contributed by atoms with van der Waals surface area (Å²) in [5.41, 5.74) is 0. The van der Waals surface area contributed by atoms with Crippen molar-refractivity contribution in [3.63, 3.8) is 0 Å². The Labute approximate surface area is 477 Å². The molecule has 6 heteroatoms. The molecular formula is C71H122O6. The van der Waals surface area contributed by atoms with Gasteiger partial charge in [-0.3, -0.25) is 14.4 Å². The first-order chi connectivity index (χ1) is 38.0. The Bertz CT molecular complexity index is 1510. The summed E-state index contributed by atoms with van der Waals surface area (Å²) in [5, 5.41) is 0. The van der Waals surface area contributed by atoms with E-state index in [1.54, 1.807) is 0 Å². The number of carbonyl (C=O) groups is 3. The second kappa shape index (κ2) is 64.9. The third-order valence-electron chi connectivity index (χ3n) is 14.0. The molecule has 0 heterocycles. The van der Waals surface area contributed by atoms with Gasteiger partial charge in [-0.15, -0.1) is 0 Å². The Balaban J connectivity index is 4.26. The minimum atomic E-state index is -0.795. The van der Waals surface area contributed by atoms with E-state index in [1.807, 2.05) is 0 Å². The Morgan fingerprint density at radius 3 is 0.831 bits per heavy atom. The number of allylic oxidation sites excluding steroid dienone is 16. The second-order valence-electron chi connectivity index (χ2n) is 21.6. The molecule has 0 aromatic rings. The molecule has 0 radical (unpaired) electrons. The van der Waals surface area contributed by atoms with E-state index in [4.69, 9.17) is 14.2 Å². The van der Waals surface area contributed by atoms with E-state index in [-0.39, 0.29) is 31.1 Å². The number of rotatable bonds is 59. The van der Waals surface area contributed by atoms with Crippen molar-refractivity contribution in [1.82, 2.24) is 0 Å². The minimum absolute atomic E-state index is 0.0896. The standard InChI is InChI=1S/C71H122O6/c1-4-7-10-13-16-19-22-25-27-29-30-31-32-33-34-35-36-37-38-39-40-42-43-46-49-52-55-58-61-64-70(73)76-67-68(66-75-69(72)63-60-57-54-51-48-45-24-21-18-15-12-9-6-3)77-71(74)65-62-59-56-53-50-47-44-41-28-26-23-20-17-14-11-8-5-2/h9,12,17-18,20-22,25-26,28-30,32-33,45,48,68H,4-8,10-11,13-16,19,23-24,27,31,34-44,46-47,49-67H2,1-3H3/b12-9-,20-17-,21-18-,25-22-,28-26-,30-29-,33-32-,48-45-. The van der Waals surface area contributed by atoms with E-state index >= 15 is 0 Å². The molecule has 0 spiro atoms. The predicted molar refractivity (Wildman–Crippen MR) is 334 cm³/mol. The topological polar surface area (TPSA) is 78.9 Å². The molecule has 0 aromatic heterocycles. The fourth-order valence-electron chi connectivity index (χ4n) is 9.14. The van der Waals surface area contributed by atoms with Gasteiger partial charge in [-0.1, -0.05) is 272 Å². The van der Waals surface area contributed by atoms with E-state index in [2.05, 4.69) is 118 Å². The average Bonchev–Trinajstić information content (AvgIpc) is 3.43. The van der Waals surface area contributed by atoms with Crippen LogP contribution < -0.4 is 0 Å². The summed E-state index contributed by atoms with van der Waals surface area (Å²) < 4.78 is 16.9. The lowest BCUT2D eigenvalue weighted by Gasteiger charge is -2.18. The number of esters is 3. The highest BCUT2D eigenvalue weighted by atomic mass is 16.6. The van der Waals surface area contributed by atoms with Crippen LogP contribution in [0, 0.1) is 0 Å². The molecule has 442 valence electrons. The van der Waals surface area contributed by atoms with E-state index in [0.29, 0.717) is 19.3 Å². The molecule has 0 aromatic carbocycles. The van der Waals surface area contributed by atoms with E-state index in [1.165, 1.54) is 167 Å². The zero-order valence-corrected chi connectivity index (χ0v) is 50.7. The van der Waals surface area contributed by atoms with E-state index < -0.39 is 6.10 Å². The summed E-state index contributed by atoms with van der Waals surface area (Å²) in [6.45, 7) is 6.48. The lowest BCUT2D eigenvalue weighted by molar-refractivity contribution is -0.167. The van der Waals surface area contributed by atoms with Gasteiger partial charge in [0.15, 0.2) is 6.10 Å². The number of unbranched alkanes of at least 4 members (excludes halogenated alkanes) is 32. The number of hydrogen-bond donors (Lipinski definition) is 0. The summed E-state index contributed by atoms with van der Waals surface area (Å²) in [4.78, 5) is 38.3. The summed E-state index contributed by atoms with van der Waals surface area (Å²) in [5.74, 6) is -0.920. The largest absolute Gasteiger partial charge is 0.462 e. The normalized spacial score (nSPS) is 12.7. The molecule has 1 unspecified atom stereocenters. The number of ether oxygens (including phenoxy) is 3. The van der Waals surface area contributed by atoms with Crippen molar-refractivity contribution < 1.29 is 28.6 Å². The van der Waals surface area contributed by atoms with Gasteiger partial charge in [-0.05, 0) is 122 Å². The van der Waals surface area contributed by atoms with Crippen LogP contribution in [0.15, 0.2) is 97.2 Å². The van der Waals surface area contributed by atoms with Crippen molar-refractivity contribution in [3.8, 4) is 0 Å². The molecule has 0 saturated carbocycles. The lowest BCUT2D eigenvalue weighted by Crippen LogP contribution is -2.30. The molecule has 0 amide bonds. The van der Waals surface area contributed by atoms with Crippen molar-refractivity contribution in [2.24, 2.45) is 0 Å². The molecule has 6 nitrogen and oxygen atoms in total. The van der Waals surface area contributed by atoms with Crippen molar-refractivity contribution in [1.29, 1.82) is 0 Å². The van der Waals surface area contributed by atoms with Crippen LogP contribution in [0.1, 0.15) is 316 Å². The van der Waals surface area contributed by atoms with Crippen molar-refractivity contribution in [2.45, 2.75) is 322 Å². The van der Waals surface area contributed by atoms with Crippen LogP contribution in [-0.2, 0) is 28.6 Å². The van der Waals surface area contributed by atoms with Gasteiger partial charge in [0, 0.05) is 19.3 Å². The average molecular weight is 1070 g/mol. The second-order valence-corrected chi connectivity index (χ2v) is 21.6. The predicted octanol–water partition coefficient (Wildman–Crippen LogP) is 22.4. The quantitative estimate of drug-likeness (QED) is 0.0261. The molecule has 0 aliphatic carbocycles. The monoisotopic (exact) mass is 1070 g/mol. The first-order valence-electron chi connectivity index (χ1n) is 32.7. The fourth-order valence-corrected chi connectivity index (χ4v) is 9.14. The zero-order chi connectivity index (χ0) is 55.7. The van der Waals surface area contributed by atoms with Gasteiger partial charge in [0.2, 0.25) is 0 Å². The van der Waals surface area contributed by atoms with Crippen LogP contribution in [0.4, 0.5) is 0 Å². The third kappa shape index (κ3) is 63.0. The summed E-state index contributed by atoms with van der Waals surface area (Å²) in [6, 6.07) is 0. The molecule has 0 N–H and O–H groups in total. The number of carbonyl (C=O) groups excluding carboxylic acids is 3. The Morgan fingerprint density at radius 1 is 0.273 bits per heavy atom. The maximum Gasteiger partial charge on any atom is 0.306 e. The molecule has 1 atom stereocenters. The molecule has 0 saturated heterocycles. The van der Waals surface area contributed by atoms with Crippen LogP contribution in [0.5, 0.6) is 0 Å². The van der Waals surface area contributed by atoms with Gasteiger partial charge in [0.05, 0.1) is 0 Å². The highest BCUT2D eigenvalue weighted by Crippen LogP contribution is 2.16. The summed E-state index contributed by atoms with van der Waals surface area (Å²) in [6.07, 6.45) is 87.1. The first-order valence-corrected chi connectivity index (χ1v) is 32.7. The minimum Gasteiger partial charge on any atom is -0.462 e. The van der Waals surface area contributed by atoms with Crippen molar-refractivity contribution >= 4 is 17.9 Å². The fraction of sp³-hybridized carbons (Fsp3) is 0.732. The molecular weight excluding hydrogens is 949 g/mol. The van der Waals surface area contributed by atoms with Gasteiger partial charge in [0.25, 0.3) is 0 Å². The first kappa shape index (κ1) is 73.3.